The van der Waals surface area contributed by atoms with Crippen LogP contribution in [0.15, 0.2) is 11.6 Å². The largest absolute Gasteiger partial charge is 0.392 e. The van der Waals surface area contributed by atoms with Crippen molar-refractivity contribution in [2.45, 2.75) is 31.5 Å². The highest BCUT2D eigenvalue weighted by Gasteiger charge is 2.36. The maximum Gasteiger partial charge on any atom is 0.172 e. The number of hydrogen-bond donors (Lipinski definition) is 1. The molecule has 0 aromatic heterocycles. The summed E-state index contributed by atoms with van der Waals surface area (Å²) in [6.07, 6.45) is 5.70. The van der Waals surface area contributed by atoms with Gasteiger partial charge in [-0.25, -0.2) is 0 Å². The first-order chi connectivity index (χ1) is 6.35. The minimum Gasteiger partial charge on any atom is -0.392 e. The molecule has 0 bridgehead atoms. The van der Waals surface area contributed by atoms with Gasteiger partial charge in [0, 0.05) is 12.8 Å². The second kappa shape index (κ2) is 3.78. The Balaban J connectivity index is 2.03. The first-order valence-corrected chi connectivity index (χ1v) is 4.91. The van der Waals surface area contributed by atoms with Crippen molar-refractivity contribution in [3.05, 3.63) is 11.6 Å². The number of rotatable bonds is 1. The van der Waals surface area contributed by atoms with E-state index in [1.54, 1.807) is 0 Å². The van der Waals surface area contributed by atoms with E-state index in [2.05, 4.69) is 6.08 Å². The van der Waals surface area contributed by atoms with E-state index in [1.807, 2.05) is 0 Å². The SMILES string of the molecule is OCC1=CCCC2(C1)OCCCO2. The highest BCUT2D eigenvalue weighted by Crippen LogP contribution is 2.34. The lowest BCUT2D eigenvalue weighted by Crippen LogP contribution is -2.42. The minimum absolute atomic E-state index is 0.133. The summed E-state index contributed by atoms with van der Waals surface area (Å²) in [5, 5.41) is 9.03. The van der Waals surface area contributed by atoms with Crippen LogP contribution < -0.4 is 0 Å². The van der Waals surface area contributed by atoms with Gasteiger partial charge in [0.2, 0.25) is 0 Å². The molecule has 1 spiro atoms. The topological polar surface area (TPSA) is 38.7 Å². The fraction of sp³-hybridized carbons (Fsp3) is 0.800. The summed E-state index contributed by atoms with van der Waals surface area (Å²) in [5.74, 6) is -0.398. The van der Waals surface area contributed by atoms with Crippen molar-refractivity contribution in [1.29, 1.82) is 0 Å². The van der Waals surface area contributed by atoms with E-state index in [-0.39, 0.29) is 6.61 Å². The first kappa shape index (κ1) is 9.19. The van der Waals surface area contributed by atoms with Crippen LogP contribution in [0.5, 0.6) is 0 Å². The Hall–Kier alpha value is -0.380. The first-order valence-electron chi connectivity index (χ1n) is 4.91. The average molecular weight is 184 g/mol. The molecule has 1 saturated heterocycles. The Bertz CT molecular complexity index is 204. The summed E-state index contributed by atoms with van der Waals surface area (Å²) in [5.41, 5.74) is 1.05. The van der Waals surface area contributed by atoms with Crippen molar-refractivity contribution in [1.82, 2.24) is 0 Å². The smallest absolute Gasteiger partial charge is 0.172 e. The lowest BCUT2D eigenvalue weighted by atomic mass is 9.93. The standard InChI is InChI=1S/C10H16O3/c11-8-9-3-1-4-10(7-9)12-5-2-6-13-10/h3,11H,1-2,4-8H2. The molecule has 1 fully saturated rings. The van der Waals surface area contributed by atoms with E-state index in [1.165, 1.54) is 0 Å². The predicted molar refractivity (Wildman–Crippen MR) is 48.3 cm³/mol. The fourth-order valence-electron chi connectivity index (χ4n) is 1.99. The summed E-state index contributed by atoms with van der Waals surface area (Å²) in [4.78, 5) is 0. The lowest BCUT2D eigenvalue weighted by Gasteiger charge is -2.39. The average Bonchev–Trinajstić information content (AvgIpc) is 2.19. The van der Waals surface area contributed by atoms with Crippen LogP contribution >= 0.6 is 0 Å². The maximum absolute atomic E-state index is 9.03. The van der Waals surface area contributed by atoms with Gasteiger partial charge in [-0.2, -0.15) is 0 Å². The van der Waals surface area contributed by atoms with E-state index in [9.17, 15) is 0 Å². The monoisotopic (exact) mass is 184 g/mol. The summed E-state index contributed by atoms with van der Waals surface area (Å²) in [6.45, 7) is 1.71. The van der Waals surface area contributed by atoms with Crippen LogP contribution in [0, 0.1) is 0 Å². The van der Waals surface area contributed by atoms with Crippen LogP contribution in [-0.2, 0) is 9.47 Å². The van der Waals surface area contributed by atoms with Crippen LogP contribution in [0.1, 0.15) is 25.7 Å². The van der Waals surface area contributed by atoms with E-state index < -0.39 is 5.79 Å². The van der Waals surface area contributed by atoms with Crippen LogP contribution in [0.2, 0.25) is 0 Å². The van der Waals surface area contributed by atoms with E-state index in [0.717, 1.165) is 44.5 Å². The Morgan fingerprint density at radius 1 is 1.38 bits per heavy atom. The van der Waals surface area contributed by atoms with Gasteiger partial charge < -0.3 is 14.6 Å². The molecule has 0 aromatic rings. The molecular formula is C10H16O3. The molecule has 0 radical (unpaired) electrons. The molecule has 0 atom stereocenters. The van der Waals surface area contributed by atoms with E-state index in [0.29, 0.717) is 0 Å². The molecule has 0 unspecified atom stereocenters. The van der Waals surface area contributed by atoms with Crippen molar-refractivity contribution in [2.24, 2.45) is 0 Å². The van der Waals surface area contributed by atoms with Gasteiger partial charge in [-0.1, -0.05) is 6.08 Å². The summed E-state index contributed by atoms with van der Waals surface area (Å²) < 4.78 is 11.3. The van der Waals surface area contributed by atoms with Gasteiger partial charge in [0.1, 0.15) is 0 Å². The number of ether oxygens (including phenoxy) is 2. The van der Waals surface area contributed by atoms with Gasteiger partial charge in [0.15, 0.2) is 5.79 Å². The molecule has 3 nitrogen and oxygen atoms in total. The molecule has 1 N–H and O–H groups in total. The van der Waals surface area contributed by atoms with Crippen molar-refractivity contribution < 1.29 is 14.6 Å². The number of hydrogen-bond acceptors (Lipinski definition) is 3. The molecule has 2 aliphatic rings. The highest BCUT2D eigenvalue weighted by atomic mass is 16.7. The predicted octanol–water partition coefficient (Wildman–Crippen LogP) is 1.22. The Morgan fingerprint density at radius 3 is 2.85 bits per heavy atom. The zero-order chi connectivity index (χ0) is 9.15. The van der Waals surface area contributed by atoms with Crippen molar-refractivity contribution in [2.75, 3.05) is 19.8 Å². The van der Waals surface area contributed by atoms with E-state index >= 15 is 0 Å². The Labute approximate surface area is 78.3 Å². The second-order valence-electron chi connectivity index (χ2n) is 3.70. The molecule has 2 rings (SSSR count). The maximum atomic E-state index is 9.03. The highest BCUT2D eigenvalue weighted by molar-refractivity contribution is 5.10. The number of allylic oxidation sites excluding steroid dienone is 1. The molecular weight excluding hydrogens is 168 g/mol. The van der Waals surface area contributed by atoms with Gasteiger partial charge in [-0.3, -0.25) is 0 Å². The molecule has 0 aromatic carbocycles. The molecule has 74 valence electrons. The lowest BCUT2D eigenvalue weighted by molar-refractivity contribution is -0.271. The molecule has 1 aliphatic heterocycles. The van der Waals surface area contributed by atoms with E-state index in [4.69, 9.17) is 14.6 Å². The van der Waals surface area contributed by atoms with Gasteiger partial charge in [-0.15, -0.1) is 0 Å². The van der Waals surface area contributed by atoms with Crippen molar-refractivity contribution in [3.63, 3.8) is 0 Å². The van der Waals surface area contributed by atoms with Crippen LogP contribution in [0.25, 0.3) is 0 Å². The number of aliphatic hydroxyl groups excluding tert-OH is 1. The minimum atomic E-state index is -0.398. The normalized spacial score (nSPS) is 27.3. The van der Waals surface area contributed by atoms with Crippen molar-refractivity contribution in [3.8, 4) is 0 Å². The quantitative estimate of drug-likeness (QED) is 0.623. The molecule has 3 heteroatoms. The molecule has 1 heterocycles. The molecule has 0 amide bonds. The summed E-state index contributed by atoms with van der Waals surface area (Å²) >= 11 is 0. The fourth-order valence-corrected chi connectivity index (χ4v) is 1.99. The number of aliphatic hydroxyl groups is 1. The molecule has 1 aliphatic carbocycles. The van der Waals surface area contributed by atoms with Gasteiger partial charge in [0.25, 0.3) is 0 Å². The Kier molecular flexibility index (Phi) is 2.67. The zero-order valence-electron chi connectivity index (χ0n) is 7.79. The third-order valence-electron chi connectivity index (χ3n) is 2.68. The zero-order valence-corrected chi connectivity index (χ0v) is 7.79. The third-order valence-corrected chi connectivity index (χ3v) is 2.68. The summed E-state index contributed by atoms with van der Waals surface area (Å²) in [7, 11) is 0. The van der Waals surface area contributed by atoms with Crippen LogP contribution in [0.3, 0.4) is 0 Å². The summed E-state index contributed by atoms with van der Waals surface area (Å²) in [6, 6.07) is 0. The van der Waals surface area contributed by atoms with Crippen molar-refractivity contribution >= 4 is 0 Å². The molecule has 0 saturated carbocycles. The molecule has 13 heavy (non-hydrogen) atoms. The van der Waals surface area contributed by atoms with Crippen LogP contribution in [-0.4, -0.2) is 30.7 Å². The van der Waals surface area contributed by atoms with Gasteiger partial charge in [-0.05, 0) is 18.4 Å². The Morgan fingerprint density at radius 2 is 2.15 bits per heavy atom. The van der Waals surface area contributed by atoms with Gasteiger partial charge >= 0.3 is 0 Å². The van der Waals surface area contributed by atoms with Gasteiger partial charge in [0.05, 0.1) is 19.8 Å². The van der Waals surface area contributed by atoms with Crippen LogP contribution in [0.4, 0.5) is 0 Å². The third kappa shape index (κ3) is 1.93. The second-order valence-corrected chi connectivity index (χ2v) is 3.70.